The van der Waals surface area contributed by atoms with Crippen LogP contribution in [0.4, 0.5) is 0 Å². The summed E-state index contributed by atoms with van der Waals surface area (Å²) < 4.78 is 0. The van der Waals surface area contributed by atoms with Crippen molar-refractivity contribution in [2.24, 2.45) is 5.92 Å². The van der Waals surface area contributed by atoms with Gasteiger partial charge in [-0.1, -0.05) is 51.1 Å². The molecule has 0 bridgehead atoms. The SMILES string of the molecule is CC(C)CC(C)SCc1ccccc1. The van der Waals surface area contributed by atoms with Crippen molar-refractivity contribution in [3.63, 3.8) is 0 Å². The highest BCUT2D eigenvalue weighted by Gasteiger charge is 2.05. The van der Waals surface area contributed by atoms with Gasteiger partial charge in [-0.3, -0.25) is 0 Å². The van der Waals surface area contributed by atoms with E-state index in [-0.39, 0.29) is 0 Å². The number of hydrogen-bond acceptors (Lipinski definition) is 1. The summed E-state index contributed by atoms with van der Waals surface area (Å²) in [6.07, 6.45) is 1.32. The molecule has 0 amide bonds. The van der Waals surface area contributed by atoms with Crippen molar-refractivity contribution in [1.29, 1.82) is 0 Å². The quantitative estimate of drug-likeness (QED) is 0.693. The van der Waals surface area contributed by atoms with Crippen molar-refractivity contribution in [3.05, 3.63) is 35.9 Å². The van der Waals surface area contributed by atoms with Crippen LogP contribution >= 0.6 is 11.8 Å². The summed E-state index contributed by atoms with van der Waals surface area (Å²) in [5, 5.41) is 0.773. The Morgan fingerprint density at radius 3 is 2.29 bits per heavy atom. The van der Waals surface area contributed by atoms with E-state index in [1.54, 1.807) is 0 Å². The third-order valence-corrected chi connectivity index (χ3v) is 3.44. The summed E-state index contributed by atoms with van der Waals surface area (Å²) in [6.45, 7) is 6.91. The smallest absolute Gasteiger partial charge is 0.0187 e. The Morgan fingerprint density at radius 1 is 1.07 bits per heavy atom. The summed E-state index contributed by atoms with van der Waals surface area (Å²) in [4.78, 5) is 0. The number of hydrogen-bond donors (Lipinski definition) is 0. The molecule has 0 spiro atoms. The fourth-order valence-electron chi connectivity index (χ4n) is 1.54. The third kappa shape index (κ3) is 4.71. The zero-order valence-electron chi connectivity index (χ0n) is 9.36. The van der Waals surface area contributed by atoms with Crippen molar-refractivity contribution in [1.82, 2.24) is 0 Å². The molecule has 0 saturated carbocycles. The van der Waals surface area contributed by atoms with Gasteiger partial charge in [-0.15, -0.1) is 0 Å². The average molecular weight is 208 g/mol. The van der Waals surface area contributed by atoms with Gasteiger partial charge in [0.15, 0.2) is 0 Å². The summed E-state index contributed by atoms with van der Waals surface area (Å²) in [5.74, 6) is 1.96. The van der Waals surface area contributed by atoms with E-state index < -0.39 is 0 Å². The first-order chi connectivity index (χ1) is 6.68. The molecule has 1 aromatic carbocycles. The van der Waals surface area contributed by atoms with Gasteiger partial charge in [0.1, 0.15) is 0 Å². The van der Waals surface area contributed by atoms with Crippen molar-refractivity contribution in [3.8, 4) is 0 Å². The van der Waals surface area contributed by atoms with Crippen LogP contribution in [0.25, 0.3) is 0 Å². The maximum atomic E-state index is 2.33. The molecule has 78 valence electrons. The standard InChI is InChI=1S/C13H20S/c1-11(2)9-12(3)14-10-13-7-5-4-6-8-13/h4-8,11-12H,9-10H2,1-3H3. The van der Waals surface area contributed by atoms with Gasteiger partial charge >= 0.3 is 0 Å². The second-order valence-electron chi connectivity index (χ2n) is 4.24. The Balaban J connectivity index is 2.27. The molecule has 1 unspecified atom stereocenters. The number of thioether (sulfide) groups is 1. The van der Waals surface area contributed by atoms with Crippen LogP contribution in [0.15, 0.2) is 30.3 Å². The summed E-state index contributed by atoms with van der Waals surface area (Å²) in [7, 11) is 0. The van der Waals surface area contributed by atoms with Gasteiger partial charge in [0.25, 0.3) is 0 Å². The molecule has 0 aliphatic heterocycles. The van der Waals surface area contributed by atoms with Crippen LogP contribution < -0.4 is 0 Å². The van der Waals surface area contributed by atoms with Crippen molar-refractivity contribution < 1.29 is 0 Å². The monoisotopic (exact) mass is 208 g/mol. The van der Waals surface area contributed by atoms with E-state index in [9.17, 15) is 0 Å². The molecule has 1 atom stereocenters. The molecular formula is C13H20S. The molecule has 0 nitrogen and oxygen atoms in total. The van der Waals surface area contributed by atoms with Crippen LogP contribution in [0.1, 0.15) is 32.8 Å². The van der Waals surface area contributed by atoms with Crippen molar-refractivity contribution in [2.45, 2.75) is 38.2 Å². The first-order valence-corrected chi connectivity index (χ1v) is 6.39. The third-order valence-electron chi connectivity index (χ3n) is 2.18. The van der Waals surface area contributed by atoms with Crippen molar-refractivity contribution >= 4 is 11.8 Å². The van der Waals surface area contributed by atoms with Gasteiger partial charge in [-0.2, -0.15) is 11.8 Å². The van der Waals surface area contributed by atoms with E-state index >= 15 is 0 Å². The lowest BCUT2D eigenvalue weighted by molar-refractivity contribution is 0.585. The number of benzene rings is 1. The average Bonchev–Trinajstić information content (AvgIpc) is 2.15. The van der Waals surface area contributed by atoms with Gasteiger partial charge in [-0.25, -0.2) is 0 Å². The van der Waals surface area contributed by atoms with E-state index in [1.807, 2.05) is 0 Å². The molecule has 1 rings (SSSR count). The van der Waals surface area contributed by atoms with Gasteiger partial charge in [-0.05, 0) is 17.9 Å². The maximum Gasteiger partial charge on any atom is 0.0187 e. The van der Waals surface area contributed by atoms with Crippen LogP contribution in [-0.2, 0) is 5.75 Å². The van der Waals surface area contributed by atoms with Crippen LogP contribution in [0.2, 0.25) is 0 Å². The largest absolute Gasteiger partial charge is 0.154 e. The van der Waals surface area contributed by atoms with Gasteiger partial charge < -0.3 is 0 Å². The normalized spacial score (nSPS) is 13.1. The van der Waals surface area contributed by atoms with Gasteiger partial charge in [0.2, 0.25) is 0 Å². The Bertz CT molecular complexity index is 241. The molecule has 0 saturated heterocycles. The number of rotatable bonds is 5. The molecule has 0 aliphatic carbocycles. The Morgan fingerprint density at radius 2 is 1.71 bits per heavy atom. The van der Waals surface area contributed by atoms with E-state index in [2.05, 4.69) is 62.9 Å². The first-order valence-electron chi connectivity index (χ1n) is 5.34. The lowest BCUT2D eigenvalue weighted by Gasteiger charge is -2.13. The lowest BCUT2D eigenvalue weighted by Crippen LogP contribution is -2.01. The molecule has 14 heavy (non-hydrogen) atoms. The minimum Gasteiger partial charge on any atom is -0.154 e. The van der Waals surface area contributed by atoms with Crippen LogP contribution in [-0.4, -0.2) is 5.25 Å². The predicted molar refractivity (Wildman–Crippen MR) is 66.7 cm³/mol. The van der Waals surface area contributed by atoms with Gasteiger partial charge in [0, 0.05) is 11.0 Å². The van der Waals surface area contributed by atoms with E-state index in [4.69, 9.17) is 0 Å². The summed E-state index contributed by atoms with van der Waals surface area (Å²) in [6, 6.07) is 10.7. The topological polar surface area (TPSA) is 0 Å². The van der Waals surface area contributed by atoms with Crippen LogP contribution in [0, 0.1) is 5.92 Å². The Labute approximate surface area is 92.1 Å². The van der Waals surface area contributed by atoms with E-state index in [0.29, 0.717) is 0 Å². The molecule has 1 aromatic rings. The highest BCUT2D eigenvalue weighted by atomic mass is 32.2. The highest BCUT2D eigenvalue weighted by molar-refractivity contribution is 7.99. The molecule has 0 heterocycles. The lowest BCUT2D eigenvalue weighted by atomic mass is 10.1. The fraction of sp³-hybridized carbons (Fsp3) is 0.538. The minimum absolute atomic E-state index is 0.773. The molecular weight excluding hydrogens is 188 g/mol. The second kappa shape index (κ2) is 6.13. The Hall–Kier alpha value is -0.430. The zero-order chi connectivity index (χ0) is 10.4. The van der Waals surface area contributed by atoms with Crippen molar-refractivity contribution in [2.75, 3.05) is 0 Å². The van der Waals surface area contributed by atoms with E-state index in [1.165, 1.54) is 12.0 Å². The summed E-state index contributed by atoms with van der Waals surface area (Å²) >= 11 is 2.06. The fourth-order valence-corrected chi connectivity index (χ4v) is 2.74. The summed E-state index contributed by atoms with van der Waals surface area (Å²) in [5.41, 5.74) is 1.44. The molecule has 0 aliphatic rings. The predicted octanol–water partition coefficient (Wildman–Crippen LogP) is 4.35. The molecule has 0 fully saturated rings. The van der Waals surface area contributed by atoms with E-state index in [0.717, 1.165) is 16.9 Å². The van der Waals surface area contributed by atoms with Crippen LogP contribution in [0.3, 0.4) is 0 Å². The maximum absolute atomic E-state index is 2.33. The second-order valence-corrected chi connectivity index (χ2v) is 5.66. The zero-order valence-corrected chi connectivity index (χ0v) is 10.2. The van der Waals surface area contributed by atoms with Crippen LogP contribution in [0.5, 0.6) is 0 Å². The molecule has 0 N–H and O–H groups in total. The molecule has 1 heteroatoms. The minimum atomic E-state index is 0.773. The Kier molecular flexibility index (Phi) is 5.10. The highest BCUT2D eigenvalue weighted by Crippen LogP contribution is 2.22. The first kappa shape index (κ1) is 11.6. The molecule has 0 radical (unpaired) electrons. The molecule has 0 aromatic heterocycles. The van der Waals surface area contributed by atoms with Gasteiger partial charge in [0.05, 0.1) is 0 Å².